The smallest absolute Gasteiger partial charge is 0.395 e. The first-order valence-corrected chi connectivity index (χ1v) is 8.65. The van der Waals surface area contributed by atoms with Crippen molar-refractivity contribution in [3.63, 3.8) is 0 Å². The van der Waals surface area contributed by atoms with Crippen LogP contribution in [0.15, 0.2) is 47.0 Å². The SMILES string of the molecule is O=[N+]([O-])c1ccc(NCCO)c(NCc2nc(-c3ccc(C(F)(F)F)cc3)no2)c1. The average molecular weight is 423 g/mol. The number of hydrogen-bond acceptors (Lipinski definition) is 8. The number of nitrogens with zero attached hydrogens (tertiary/aromatic N) is 3. The molecule has 12 heteroatoms. The number of aliphatic hydroxyl groups excluding tert-OH is 1. The maximum Gasteiger partial charge on any atom is 0.416 e. The van der Waals surface area contributed by atoms with Gasteiger partial charge in [-0.15, -0.1) is 0 Å². The molecule has 2 aromatic carbocycles. The van der Waals surface area contributed by atoms with E-state index in [2.05, 4.69) is 20.8 Å². The van der Waals surface area contributed by atoms with Crippen molar-refractivity contribution in [2.75, 3.05) is 23.8 Å². The first kappa shape index (κ1) is 21.0. The van der Waals surface area contributed by atoms with Crippen LogP contribution in [0.3, 0.4) is 0 Å². The molecule has 0 spiro atoms. The van der Waals surface area contributed by atoms with E-state index in [9.17, 15) is 23.3 Å². The van der Waals surface area contributed by atoms with E-state index in [1.165, 1.54) is 30.3 Å². The maximum atomic E-state index is 12.7. The molecule has 0 unspecified atom stereocenters. The highest BCUT2D eigenvalue weighted by Crippen LogP contribution is 2.31. The second-order valence-electron chi connectivity index (χ2n) is 6.08. The third-order valence-electron chi connectivity index (χ3n) is 4.01. The molecule has 0 aliphatic heterocycles. The summed E-state index contributed by atoms with van der Waals surface area (Å²) in [6.45, 7) is 0.129. The molecule has 0 saturated carbocycles. The zero-order chi connectivity index (χ0) is 21.7. The van der Waals surface area contributed by atoms with E-state index in [1.54, 1.807) is 0 Å². The van der Waals surface area contributed by atoms with Crippen LogP contribution in [0.4, 0.5) is 30.2 Å². The number of aliphatic hydroxyl groups is 1. The third kappa shape index (κ3) is 5.03. The van der Waals surface area contributed by atoms with Gasteiger partial charge in [0.1, 0.15) is 0 Å². The van der Waals surface area contributed by atoms with Crippen LogP contribution in [-0.2, 0) is 12.7 Å². The molecule has 158 valence electrons. The summed E-state index contributed by atoms with van der Waals surface area (Å²) >= 11 is 0. The van der Waals surface area contributed by atoms with Gasteiger partial charge in [0.05, 0.1) is 35.0 Å². The monoisotopic (exact) mass is 423 g/mol. The fraction of sp³-hybridized carbons (Fsp3) is 0.222. The van der Waals surface area contributed by atoms with Crippen LogP contribution in [0, 0.1) is 10.1 Å². The van der Waals surface area contributed by atoms with E-state index in [1.807, 2.05) is 0 Å². The Hall–Kier alpha value is -3.67. The quantitative estimate of drug-likeness (QED) is 0.370. The van der Waals surface area contributed by atoms with Crippen LogP contribution in [0.25, 0.3) is 11.4 Å². The van der Waals surface area contributed by atoms with E-state index in [4.69, 9.17) is 9.63 Å². The summed E-state index contributed by atoms with van der Waals surface area (Å²) in [4.78, 5) is 14.6. The highest BCUT2D eigenvalue weighted by molar-refractivity contribution is 5.72. The van der Waals surface area contributed by atoms with Crippen LogP contribution < -0.4 is 10.6 Å². The number of rotatable bonds is 8. The molecule has 0 aliphatic carbocycles. The minimum absolute atomic E-state index is 0.0165. The van der Waals surface area contributed by atoms with E-state index in [-0.39, 0.29) is 37.1 Å². The molecule has 0 amide bonds. The van der Waals surface area contributed by atoms with Gasteiger partial charge in [-0.25, -0.2) is 0 Å². The summed E-state index contributed by atoms with van der Waals surface area (Å²) in [6.07, 6.45) is -4.44. The fourth-order valence-corrected chi connectivity index (χ4v) is 2.56. The Labute approximate surface area is 167 Å². The molecule has 0 fully saturated rings. The molecule has 3 N–H and O–H groups in total. The van der Waals surface area contributed by atoms with Gasteiger partial charge in [0.2, 0.25) is 11.7 Å². The van der Waals surface area contributed by atoms with Gasteiger partial charge in [-0.3, -0.25) is 10.1 Å². The summed E-state index contributed by atoms with van der Waals surface area (Å²) < 4.78 is 43.1. The highest BCUT2D eigenvalue weighted by Gasteiger charge is 2.30. The Morgan fingerprint density at radius 1 is 1.10 bits per heavy atom. The van der Waals surface area contributed by atoms with Gasteiger partial charge in [0, 0.05) is 24.2 Å². The van der Waals surface area contributed by atoms with Crippen molar-refractivity contribution < 1.29 is 27.7 Å². The highest BCUT2D eigenvalue weighted by atomic mass is 19.4. The largest absolute Gasteiger partial charge is 0.416 e. The predicted octanol–water partition coefficient (Wildman–Crippen LogP) is 3.68. The predicted molar refractivity (Wildman–Crippen MR) is 101 cm³/mol. The van der Waals surface area contributed by atoms with Crippen LogP contribution in [0.1, 0.15) is 11.5 Å². The molecular formula is C18H16F3N5O4. The van der Waals surface area contributed by atoms with Gasteiger partial charge >= 0.3 is 6.18 Å². The zero-order valence-corrected chi connectivity index (χ0v) is 15.3. The Bertz CT molecular complexity index is 1020. The summed E-state index contributed by atoms with van der Waals surface area (Å²) in [6, 6.07) is 8.45. The Balaban J connectivity index is 1.73. The maximum absolute atomic E-state index is 12.7. The van der Waals surface area contributed by atoms with E-state index >= 15 is 0 Å². The van der Waals surface area contributed by atoms with Crippen molar-refractivity contribution in [1.82, 2.24) is 10.1 Å². The Morgan fingerprint density at radius 2 is 1.83 bits per heavy atom. The van der Waals surface area contributed by atoms with Gasteiger partial charge in [-0.05, 0) is 18.2 Å². The molecule has 1 heterocycles. The lowest BCUT2D eigenvalue weighted by Gasteiger charge is -2.12. The minimum atomic E-state index is -4.44. The van der Waals surface area contributed by atoms with Gasteiger partial charge in [0.25, 0.3) is 5.69 Å². The van der Waals surface area contributed by atoms with Crippen molar-refractivity contribution in [3.05, 3.63) is 64.0 Å². The summed E-state index contributed by atoms with van der Waals surface area (Å²) in [5.74, 6) is 0.239. The van der Waals surface area contributed by atoms with Gasteiger partial charge in [0.15, 0.2) is 0 Å². The minimum Gasteiger partial charge on any atom is -0.395 e. The fourth-order valence-electron chi connectivity index (χ4n) is 2.56. The number of hydrogen-bond donors (Lipinski definition) is 3. The van der Waals surface area contributed by atoms with Crippen molar-refractivity contribution in [1.29, 1.82) is 0 Å². The molecule has 3 rings (SSSR count). The summed E-state index contributed by atoms with van der Waals surface area (Å²) in [5.41, 5.74) is 0.330. The zero-order valence-electron chi connectivity index (χ0n) is 15.3. The standard InChI is InChI=1S/C18H16F3N5O4/c19-18(20,21)12-3-1-11(2-4-12)17-24-16(30-25-17)10-23-15-9-13(26(28)29)5-6-14(15)22-7-8-27/h1-6,9,22-23,27H,7-8,10H2. The number of halogens is 3. The lowest BCUT2D eigenvalue weighted by atomic mass is 10.1. The second-order valence-corrected chi connectivity index (χ2v) is 6.08. The number of anilines is 2. The molecule has 0 aliphatic rings. The summed E-state index contributed by atoms with van der Waals surface area (Å²) in [5, 5.41) is 29.6. The van der Waals surface area contributed by atoms with Crippen molar-refractivity contribution in [3.8, 4) is 11.4 Å². The Morgan fingerprint density at radius 3 is 2.47 bits per heavy atom. The third-order valence-corrected chi connectivity index (χ3v) is 4.01. The first-order valence-electron chi connectivity index (χ1n) is 8.65. The van der Waals surface area contributed by atoms with E-state index < -0.39 is 16.7 Å². The van der Waals surface area contributed by atoms with Crippen LogP contribution in [0.2, 0.25) is 0 Å². The molecule has 3 aromatic rings. The van der Waals surface area contributed by atoms with Gasteiger partial charge in [-0.2, -0.15) is 18.2 Å². The number of non-ortho nitro benzene ring substituents is 1. The topological polar surface area (TPSA) is 126 Å². The number of nitro groups is 1. The summed E-state index contributed by atoms with van der Waals surface area (Å²) in [7, 11) is 0. The van der Waals surface area contributed by atoms with Gasteiger partial charge in [-0.1, -0.05) is 17.3 Å². The van der Waals surface area contributed by atoms with Crippen LogP contribution in [-0.4, -0.2) is 33.3 Å². The second kappa shape index (κ2) is 8.78. The first-order chi connectivity index (χ1) is 14.3. The molecular weight excluding hydrogens is 407 g/mol. The lowest BCUT2D eigenvalue weighted by molar-refractivity contribution is -0.384. The van der Waals surface area contributed by atoms with Crippen LogP contribution >= 0.6 is 0 Å². The molecule has 0 radical (unpaired) electrons. The van der Waals surface area contributed by atoms with Crippen molar-refractivity contribution >= 4 is 17.1 Å². The number of aromatic nitrogens is 2. The average Bonchev–Trinajstić information content (AvgIpc) is 3.19. The Kier molecular flexibility index (Phi) is 6.16. The molecule has 0 atom stereocenters. The molecule has 9 nitrogen and oxygen atoms in total. The number of nitro benzene ring substituents is 1. The van der Waals surface area contributed by atoms with Crippen LogP contribution in [0.5, 0.6) is 0 Å². The normalized spacial score (nSPS) is 11.3. The number of benzene rings is 2. The molecule has 1 aromatic heterocycles. The molecule has 0 bridgehead atoms. The molecule has 30 heavy (non-hydrogen) atoms. The van der Waals surface area contributed by atoms with E-state index in [0.29, 0.717) is 16.9 Å². The number of nitrogens with one attached hydrogen (secondary N) is 2. The lowest BCUT2D eigenvalue weighted by Crippen LogP contribution is -2.09. The number of alkyl halides is 3. The van der Waals surface area contributed by atoms with Crippen molar-refractivity contribution in [2.24, 2.45) is 0 Å². The van der Waals surface area contributed by atoms with Crippen molar-refractivity contribution in [2.45, 2.75) is 12.7 Å². The van der Waals surface area contributed by atoms with Gasteiger partial charge < -0.3 is 20.3 Å². The van der Waals surface area contributed by atoms with E-state index in [0.717, 1.165) is 12.1 Å². The molecule has 0 saturated heterocycles.